The highest BCUT2D eigenvalue weighted by atomic mass is 16.5. The zero-order valence-corrected chi connectivity index (χ0v) is 10.5. The van der Waals surface area contributed by atoms with E-state index in [1.165, 1.54) is 0 Å². The molecule has 2 rings (SSSR count). The molecule has 5 heteroatoms. The van der Waals surface area contributed by atoms with Crippen LogP contribution in [-0.4, -0.2) is 23.8 Å². The number of dihydropyridines is 1. The van der Waals surface area contributed by atoms with E-state index in [4.69, 9.17) is 4.74 Å². The van der Waals surface area contributed by atoms with Crippen LogP contribution >= 0.6 is 0 Å². The summed E-state index contributed by atoms with van der Waals surface area (Å²) in [4.78, 5) is 26.8. The van der Waals surface area contributed by atoms with E-state index in [1.807, 2.05) is 30.3 Å². The molecule has 0 aromatic heterocycles. The molecule has 0 fully saturated rings. The first-order chi connectivity index (χ1) is 9.15. The minimum Gasteiger partial charge on any atom is -0.445 e. The Kier molecular flexibility index (Phi) is 4.07. The highest BCUT2D eigenvalue weighted by Crippen LogP contribution is 2.03. The van der Waals surface area contributed by atoms with E-state index in [-0.39, 0.29) is 6.61 Å². The Bertz CT molecular complexity index is 535. The first-order valence-electron chi connectivity index (χ1n) is 5.90. The van der Waals surface area contributed by atoms with E-state index >= 15 is 0 Å². The Labute approximate surface area is 111 Å². The van der Waals surface area contributed by atoms with Gasteiger partial charge in [-0.1, -0.05) is 36.4 Å². The number of nitrogens with one attached hydrogen (secondary N) is 1. The van der Waals surface area contributed by atoms with Gasteiger partial charge in [-0.3, -0.25) is 4.79 Å². The Morgan fingerprint density at radius 3 is 2.79 bits per heavy atom. The summed E-state index contributed by atoms with van der Waals surface area (Å²) in [6, 6.07) is 8.57. The Morgan fingerprint density at radius 1 is 1.37 bits per heavy atom. The monoisotopic (exact) mass is 258 g/mol. The lowest BCUT2D eigenvalue weighted by Crippen LogP contribution is -2.40. The van der Waals surface area contributed by atoms with E-state index in [0.29, 0.717) is 5.71 Å². The van der Waals surface area contributed by atoms with Crippen molar-refractivity contribution in [3.63, 3.8) is 0 Å². The van der Waals surface area contributed by atoms with Crippen LogP contribution in [0.25, 0.3) is 0 Å². The second-order valence-corrected chi connectivity index (χ2v) is 4.13. The fourth-order valence-electron chi connectivity index (χ4n) is 1.60. The normalized spacial score (nSPS) is 17.8. The fraction of sp³-hybridized carbons (Fsp3) is 0.214. The number of nitrogens with zero attached hydrogens (tertiary/aromatic N) is 1. The molecule has 1 aromatic carbocycles. The molecule has 1 aromatic rings. The Morgan fingerprint density at radius 2 is 2.11 bits per heavy atom. The maximum absolute atomic E-state index is 11.5. The van der Waals surface area contributed by atoms with Crippen LogP contribution in [0.3, 0.4) is 0 Å². The molecule has 1 heterocycles. The summed E-state index contributed by atoms with van der Waals surface area (Å²) in [5.74, 6) is -0.392. The van der Waals surface area contributed by atoms with E-state index < -0.39 is 18.0 Å². The second-order valence-electron chi connectivity index (χ2n) is 4.13. The van der Waals surface area contributed by atoms with E-state index in [1.54, 1.807) is 19.1 Å². The SMILES string of the molecule is CC1=NC(=O)C(NC(=O)OCc2ccccc2)C=C1. The van der Waals surface area contributed by atoms with Gasteiger partial charge in [0.2, 0.25) is 0 Å². The van der Waals surface area contributed by atoms with Crippen molar-refractivity contribution >= 4 is 17.7 Å². The van der Waals surface area contributed by atoms with Gasteiger partial charge in [0.15, 0.2) is 0 Å². The van der Waals surface area contributed by atoms with Crippen LogP contribution < -0.4 is 5.32 Å². The zero-order chi connectivity index (χ0) is 13.7. The van der Waals surface area contributed by atoms with Crippen LogP contribution in [-0.2, 0) is 16.1 Å². The minimum atomic E-state index is -0.744. The molecule has 1 aliphatic rings. The summed E-state index contributed by atoms with van der Waals surface area (Å²) in [6.45, 7) is 1.89. The largest absolute Gasteiger partial charge is 0.445 e. The lowest BCUT2D eigenvalue weighted by atomic mass is 10.2. The van der Waals surface area contributed by atoms with Crippen LogP contribution in [0, 0.1) is 0 Å². The summed E-state index contributed by atoms with van der Waals surface area (Å²) >= 11 is 0. The van der Waals surface area contributed by atoms with Gasteiger partial charge >= 0.3 is 6.09 Å². The summed E-state index contributed by atoms with van der Waals surface area (Å²) in [5, 5.41) is 2.45. The number of allylic oxidation sites excluding steroid dienone is 1. The molecule has 19 heavy (non-hydrogen) atoms. The Hall–Kier alpha value is -2.43. The van der Waals surface area contributed by atoms with Crippen molar-refractivity contribution in [3.8, 4) is 0 Å². The number of carbonyl (C=O) groups is 2. The molecule has 0 spiro atoms. The zero-order valence-electron chi connectivity index (χ0n) is 10.5. The van der Waals surface area contributed by atoms with Gasteiger partial charge in [0, 0.05) is 5.71 Å². The molecular weight excluding hydrogens is 244 g/mol. The average molecular weight is 258 g/mol. The average Bonchev–Trinajstić information content (AvgIpc) is 2.41. The maximum atomic E-state index is 11.5. The van der Waals surface area contributed by atoms with Gasteiger partial charge in [0.25, 0.3) is 5.91 Å². The van der Waals surface area contributed by atoms with Crippen molar-refractivity contribution in [1.82, 2.24) is 5.32 Å². The van der Waals surface area contributed by atoms with Crippen molar-refractivity contribution in [1.29, 1.82) is 0 Å². The smallest absolute Gasteiger partial charge is 0.408 e. The van der Waals surface area contributed by atoms with Crippen molar-refractivity contribution in [2.75, 3.05) is 0 Å². The first kappa shape index (κ1) is 13.0. The third-order valence-electron chi connectivity index (χ3n) is 2.57. The molecule has 1 unspecified atom stereocenters. The molecule has 0 saturated carbocycles. The van der Waals surface area contributed by atoms with Gasteiger partial charge < -0.3 is 10.1 Å². The molecule has 0 radical (unpaired) electrons. The molecule has 0 aliphatic carbocycles. The lowest BCUT2D eigenvalue weighted by Gasteiger charge is -2.14. The first-order valence-corrected chi connectivity index (χ1v) is 5.90. The summed E-state index contributed by atoms with van der Waals surface area (Å²) in [6.07, 6.45) is 2.64. The molecule has 0 bridgehead atoms. The van der Waals surface area contributed by atoms with Gasteiger partial charge in [0.1, 0.15) is 12.6 Å². The highest BCUT2D eigenvalue weighted by Gasteiger charge is 2.20. The molecule has 1 atom stereocenters. The standard InChI is InChI=1S/C14H14N2O3/c1-10-7-8-12(13(17)15-10)16-14(18)19-9-11-5-3-2-4-6-11/h2-8,12H,9H2,1H3,(H,16,18). The molecular formula is C14H14N2O3. The molecule has 98 valence electrons. The van der Waals surface area contributed by atoms with Crippen LogP contribution in [0.15, 0.2) is 47.5 Å². The number of carbonyl (C=O) groups excluding carboxylic acids is 2. The number of rotatable bonds is 3. The molecule has 2 amide bonds. The van der Waals surface area contributed by atoms with Crippen LogP contribution in [0.1, 0.15) is 12.5 Å². The predicted octanol–water partition coefficient (Wildman–Crippen LogP) is 1.84. The van der Waals surface area contributed by atoms with Crippen molar-refractivity contribution in [2.45, 2.75) is 19.6 Å². The van der Waals surface area contributed by atoms with Crippen molar-refractivity contribution < 1.29 is 14.3 Å². The number of amides is 2. The predicted molar refractivity (Wildman–Crippen MR) is 70.8 cm³/mol. The van der Waals surface area contributed by atoms with Gasteiger partial charge in [-0.15, -0.1) is 0 Å². The van der Waals surface area contributed by atoms with Gasteiger partial charge in [-0.25, -0.2) is 9.79 Å². The number of alkyl carbamates (subject to hydrolysis) is 1. The van der Waals surface area contributed by atoms with Gasteiger partial charge in [-0.05, 0) is 18.6 Å². The van der Waals surface area contributed by atoms with E-state index in [0.717, 1.165) is 5.56 Å². The van der Waals surface area contributed by atoms with Gasteiger partial charge in [0.05, 0.1) is 0 Å². The summed E-state index contributed by atoms with van der Waals surface area (Å²) < 4.78 is 5.02. The minimum absolute atomic E-state index is 0.166. The number of hydrogen-bond acceptors (Lipinski definition) is 3. The molecule has 1 aliphatic heterocycles. The summed E-state index contributed by atoms with van der Waals surface area (Å²) in [5.41, 5.74) is 1.51. The van der Waals surface area contributed by atoms with E-state index in [9.17, 15) is 9.59 Å². The molecule has 0 saturated heterocycles. The number of ether oxygens (including phenoxy) is 1. The van der Waals surface area contributed by atoms with Crippen LogP contribution in [0.4, 0.5) is 4.79 Å². The molecule has 1 N–H and O–H groups in total. The van der Waals surface area contributed by atoms with Crippen molar-refractivity contribution in [2.24, 2.45) is 4.99 Å². The fourth-order valence-corrected chi connectivity index (χ4v) is 1.60. The maximum Gasteiger partial charge on any atom is 0.408 e. The quantitative estimate of drug-likeness (QED) is 0.899. The third-order valence-corrected chi connectivity index (χ3v) is 2.57. The molecule has 5 nitrogen and oxygen atoms in total. The topological polar surface area (TPSA) is 67.8 Å². The number of benzene rings is 1. The second kappa shape index (κ2) is 5.95. The van der Waals surface area contributed by atoms with E-state index in [2.05, 4.69) is 10.3 Å². The van der Waals surface area contributed by atoms with Gasteiger partial charge in [-0.2, -0.15) is 0 Å². The Balaban J connectivity index is 1.82. The van der Waals surface area contributed by atoms with Crippen LogP contribution in [0.2, 0.25) is 0 Å². The van der Waals surface area contributed by atoms with Crippen molar-refractivity contribution in [3.05, 3.63) is 48.0 Å². The lowest BCUT2D eigenvalue weighted by molar-refractivity contribution is -0.118. The number of aliphatic imine (C=N–C) groups is 1. The summed E-state index contributed by atoms with van der Waals surface area (Å²) in [7, 11) is 0. The third kappa shape index (κ3) is 3.77. The number of hydrogen-bond donors (Lipinski definition) is 1. The van der Waals surface area contributed by atoms with Crippen LogP contribution in [0.5, 0.6) is 0 Å². The highest BCUT2D eigenvalue weighted by molar-refractivity contribution is 6.06.